The maximum atomic E-state index is 13.6. The Hall–Kier alpha value is -2.41. The summed E-state index contributed by atoms with van der Waals surface area (Å²) in [5.41, 5.74) is 7.00. The van der Waals surface area contributed by atoms with E-state index in [2.05, 4.69) is 4.98 Å². The molecule has 1 heterocycles. The second-order valence-electron chi connectivity index (χ2n) is 3.27. The third kappa shape index (κ3) is 1.71. The number of nitrogen functional groups attached to an aromatic ring is 1. The first-order valence-corrected chi connectivity index (χ1v) is 4.62. The third-order valence-corrected chi connectivity index (χ3v) is 2.22. The fourth-order valence-corrected chi connectivity index (χ4v) is 1.46. The lowest BCUT2D eigenvalue weighted by Gasteiger charge is -2.05. The number of halogens is 1. The molecule has 2 N–H and O–H groups in total. The molecule has 0 atom stereocenters. The first kappa shape index (κ1) is 10.1. The molecule has 0 aliphatic heterocycles. The predicted octanol–water partition coefficient (Wildman–Crippen LogP) is 2.34. The molecule has 0 bridgehead atoms. The molecule has 1 aromatic carbocycles. The van der Waals surface area contributed by atoms with Crippen LogP contribution in [0.4, 0.5) is 10.1 Å². The summed E-state index contributed by atoms with van der Waals surface area (Å²) in [6, 6.07) is 7.90. The molecule has 78 valence electrons. The molecule has 0 saturated heterocycles. The SMILES string of the molecule is N#Cc1ccncc1-c1ccc(N)cc1F. The van der Waals surface area contributed by atoms with Crippen LogP contribution in [0.5, 0.6) is 0 Å². The van der Waals surface area contributed by atoms with Crippen LogP contribution in [-0.2, 0) is 0 Å². The minimum Gasteiger partial charge on any atom is -0.399 e. The number of hydrogen-bond donors (Lipinski definition) is 1. The lowest BCUT2D eigenvalue weighted by atomic mass is 10.0. The Morgan fingerprint density at radius 2 is 2.06 bits per heavy atom. The van der Waals surface area contributed by atoms with Crippen molar-refractivity contribution in [1.82, 2.24) is 4.98 Å². The van der Waals surface area contributed by atoms with Gasteiger partial charge in [0.15, 0.2) is 0 Å². The van der Waals surface area contributed by atoms with E-state index in [4.69, 9.17) is 11.0 Å². The summed E-state index contributed by atoms with van der Waals surface area (Å²) in [6.07, 6.45) is 2.96. The highest BCUT2D eigenvalue weighted by Gasteiger charge is 2.09. The van der Waals surface area contributed by atoms with Crippen molar-refractivity contribution in [3.8, 4) is 17.2 Å². The zero-order valence-electron chi connectivity index (χ0n) is 8.31. The normalized spacial score (nSPS) is 9.75. The van der Waals surface area contributed by atoms with Crippen molar-refractivity contribution in [1.29, 1.82) is 5.26 Å². The van der Waals surface area contributed by atoms with Gasteiger partial charge in [0.05, 0.1) is 11.6 Å². The Morgan fingerprint density at radius 3 is 2.75 bits per heavy atom. The van der Waals surface area contributed by atoms with E-state index >= 15 is 0 Å². The van der Waals surface area contributed by atoms with Gasteiger partial charge in [-0.2, -0.15) is 5.26 Å². The van der Waals surface area contributed by atoms with Crippen LogP contribution in [0.2, 0.25) is 0 Å². The van der Waals surface area contributed by atoms with E-state index in [1.165, 1.54) is 18.5 Å². The smallest absolute Gasteiger partial charge is 0.133 e. The maximum Gasteiger partial charge on any atom is 0.133 e. The van der Waals surface area contributed by atoms with Gasteiger partial charge in [-0.3, -0.25) is 4.98 Å². The van der Waals surface area contributed by atoms with Gasteiger partial charge >= 0.3 is 0 Å². The Morgan fingerprint density at radius 1 is 1.25 bits per heavy atom. The predicted molar refractivity (Wildman–Crippen MR) is 58.8 cm³/mol. The number of aromatic nitrogens is 1. The Balaban J connectivity index is 2.64. The van der Waals surface area contributed by atoms with Crippen molar-refractivity contribution in [2.75, 3.05) is 5.73 Å². The molecule has 4 heteroatoms. The van der Waals surface area contributed by atoms with Crippen LogP contribution in [0.1, 0.15) is 5.56 Å². The van der Waals surface area contributed by atoms with E-state index < -0.39 is 5.82 Å². The molecule has 0 fully saturated rings. The number of nitrogens with two attached hydrogens (primary N) is 1. The summed E-state index contributed by atoms with van der Waals surface area (Å²) in [7, 11) is 0. The summed E-state index contributed by atoms with van der Waals surface area (Å²) in [5, 5.41) is 8.90. The van der Waals surface area contributed by atoms with Crippen molar-refractivity contribution in [2.24, 2.45) is 0 Å². The van der Waals surface area contributed by atoms with E-state index in [-0.39, 0.29) is 0 Å². The molecule has 2 aromatic rings. The molecule has 1 aromatic heterocycles. The zero-order valence-corrected chi connectivity index (χ0v) is 8.31. The van der Waals surface area contributed by atoms with Crippen molar-refractivity contribution in [3.05, 3.63) is 48.0 Å². The highest BCUT2D eigenvalue weighted by molar-refractivity contribution is 5.71. The second kappa shape index (κ2) is 3.99. The summed E-state index contributed by atoms with van der Waals surface area (Å²) in [4.78, 5) is 3.88. The van der Waals surface area contributed by atoms with Crippen LogP contribution in [0.25, 0.3) is 11.1 Å². The van der Waals surface area contributed by atoms with Crippen LogP contribution in [0, 0.1) is 17.1 Å². The number of nitrogens with zero attached hydrogens (tertiary/aromatic N) is 2. The van der Waals surface area contributed by atoms with E-state index in [1.807, 2.05) is 6.07 Å². The van der Waals surface area contributed by atoms with Gasteiger partial charge in [0.1, 0.15) is 5.82 Å². The molecule has 0 unspecified atom stereocenters. The Labute approximate surface area is 92.0 Å². The summed E-state index contributed by atoms with van der Waals surface area (Å²) >= 11 is 0. The molecule has 3 nitrogen and oxygen atoms in total. The quantitative estimate of drug-likeness (QED) is 0.739. The maximum absolute atomic E-state index is 13.6. The van der Waals surface area contributed by atoms with E-state index in [0.29, 0.717) is 22.4 Å². The van der Waals surface area contributed by atoms with Gasteiger partial charge in [0, 0.05) is 29.2 Å². The Bertz CT molecular complexity index is 573. The average Bonchev–Trinajstić information content (AvgIpc) is 2.29. The van der Waals surface area contributed by atoms with Crippen LogP contribution in [0.15, 0.2) is 36.7 Å². The van der Waals surface area contributed by atoms with E-state index in [0.717, 1.165) is 0 Å². The molecule has 2 rings (SSSR count). The van der Waals surface area contributed by atoms with Gasteiger partial charge in [-0.15, -0.1) is 0 Å². The second-order valence-corrected chi connectivity index (χ2v) is 3.27. The van der Waals surface area contributed by atoms with Gasteiger partial charge in [0.2, 0.25) is 0 Å². The van der Waals surface area contributed by atoms with Gasteiger partial charge in [-0.1, -0.05) is 0 Å². The van der Waals surface area contributed by atoms with Gasteiger partial charge in [-0.25, -0.2) is 4.39 Å². The molecule has 16 heavy (non-hydrogen) atoms. The van der Waals surface area contributed by atoms with Gasteiger partial charge < -0.3 is 5.73 Å². The zero-order chi connectivity index (χ0) is 11.5. The van der Waals surface area contributed by atoms with Crippen LogP contribution in [-0.4, -0.2) is 4.98 Å². The lowest BCUT2D eigenvalue weighted by molar-refractivity contribution is 0.632. The van der Waals surface area contributed by atoms with Gasteiger partial charge in [0.25, 0.3) is 0 Å². The fourth-order valence-electron chi connectivity index (χ4n) is 1.46. The summed E-state index contributed by atoms with van der Waals surface area (Å²) in [6.45, 7) is 0. The minimum absolute atomic E-state index is 0.332. The molecule has 0 aliphatic rings. The highest BCUT2D eigenvalue weighted by atomic mass is 19.1. The van der Waals surface area contributed by atoms with Crippen LogP contribution in [0.3, 0.4) is 0 Å². The first-order valence-electron chi connectivity index (χ1n) is 4.62. The fraction of sp³-hybridized carbons (Fsp3) is 0. The number of rotatable bonds is 1. The van der Waals surface area contributed by atoms with Gasteiger partial charge in [-0.05, 0) is 24.3 Å². The van der Waals surface area contributed by atoms with E-state index in [1.54, 1.807) is 18.2 Å². The van der Waals surface area contributed by atoms with Crippen molar-refractivity contribution < 1.29 is 4.39 Å². The molecule has 0 spiro atoms. The van der Waals surface area contributed by atoms with Crippen molar-refractivity contribution in [3.63, 3.8) is 0 Å². The molecule has 0 saturated carbocycles. The summed E-state index contributed by atoms with van der Waals surface area (Å²) < 4.78 is 13.6. The molecular formula is C12H8FN3. The third-order valence-electron chi connectivity index (χ3n) is 2.22. The number of nitriles is 1. The monoisotopic (exact) mass is 213 g/mol. The molecule has 0 radical (unpaired) electrons. The minimum atomic E-state index is -0.454. The topological polar surface area (TPSA) is 62.7 Å². The lowest BCUT2D eigenvalue weighted by Crippen LogP contribution is -1.92. The molecule has 0 amide bonds. The standard InChI is InChI=1S/C12H8FN3/c13-12-5-9(15)1-2-10(12)11-7-16-4-3-8(11)6-14/h1-5,7H,15H2. The average molecular weight is 213 g/mol. The molecule has 0 aliphatic carbocycles. The van der Waals surface area contributed by atoms with Crippen molar-refractivity contribution >= 4 is 5.69 Å². The largest absolute Gasteiger partial charge is 0.399 e. The number of hydrogen-bond acceptors (Lipinski definition) is 3. The highest BCUT2D eigenvalue weighted by Crippen LogP contribution is 2.26. The van der Waals surface area contributed by atoms with Crippen LogP contribution < -0.4 is 5.73 Å². The van der Waals surface area contributed by atoms with Crippen LogP contribution >= 0.6 is 0 Å². The van der Waals surface area contributed by atoms with Crippen molar-refractivity contribution in [2.45, 2.75) is 0 Å². The summed E-state index contributed by atoms with van der Waals surface area (Å²) in [5.74, 6) is -0.454. The molecular weight excluding hydrogens is 205 g/mol. The number of anilines is 1. The number of benzene rings is 1. The van der Waals surface area contributed by atoms with E-state index in [9.17, 15) is 4.39 Å². The first-order chi connectivity index (χ1) is 7.72. The number of pyridine rings is 1. The Kier molecular flexibility index (Phi) is 2.52.